The zero-order valence-electron chi connectivity index (χ0n) is 9.33. The molecular weight excluding hydrogens is 182 g/mol. The molecule has 0 spiro atoms. The standard InChI is InChI=1S/C14H17N/c1-11(2)4-3-5-12-6-7-14-13(10-12)8-9-15-14/h3,5-11,15H,4H2,1-2H3/b5-3+. The first kappa shape index (κ1) is 10.0. The topological polar surface area (TPSA) is 15.8 Å². The fraction of sp³-hybridized carbons (Fsp3) is 0.286. The lowest BCUT2D eigenvalue weighted by Gasteiger charge is -1.97. The third kappa shape index (κ3) is 2.50. The molecule has 2 rings (SSSR count). The summed E-state index contributed by atoms with van der Waals surface area (Å²) in [4.78, 5) is 3.20. The van der Waals surface area contributed by atoms with E-state index in [1.807, 2.05) is 6.20 Å². The minimum Gasteiger partial charge on any atom is -0.361 e. The van der Waals surface area contributed by atoms with Crippen LogP contribution in [0.4, 0.5) is 0 Å². The molecule has 1 aromatic carbocycles. The van der Waals surface area contributed by atoms with Crippen molar-refractivity contribution < 1.29 is 0 Å². The van der Waals surface area contributed by atoms with Crippen LogP contribution in [0.15, 0.2) is 36.5 Å². The largest absolute Gasteiger partial charge is 0.361 e. The second kappa shape index (κ2) is 4.35. The molecule has 0 bridgehead atoms. The van der Waals surface area contributed by atoms with E-state index in [4.69, 9.17) is 0 Å². The van der Waals surface area contributed by atoms with E-state index in [-0.39, 0.29) is 0 Å². The molecule has 0 unspecified atom stereocenters. The molecule has 0 atom stereocenters. The summed E-state index contributed by atoms with van der Waals surface area (Å²) in [5.74, 6) is 0.734. The quantitative estimate of drug-likeness (QED) is 0.761. The van der Waals surface area contributed by atoms with Crippen molar-refractivity contribution in [3.63, 3.8) is 0 Å². The molecule has 0 saturated heterocycles. The number of rotatable bonds is 3. The summed E-state index contributed by atoms with van der Waals surface area (Å²) in [5, 5.41) is 1.28. The van der Waals surface area contributed by atoms with Crippen molar-refractivity contribution in [2.75, 3.05) is 0 Å². The lowest BCUT2D eigenvalue weighted by molar-refractivity contribution is 0.665. The van der Waals surface area contributed by atoms with E-state index in [0.717, 1.165) is 12.3 Å². The van der Waals surface area contributed by atoms with Crippen molar-refractivity contribution in [1.82, 2.24) is 4.98 Å². The van der Waals surface area contributed by atoms with Crippen LogP contribution in [0, 0.1) is 5.92 Å². The van der Waals surface area contributed by atoms with E-state index < -0.39 is 0 Å². The summed E-state index contributed by atoms with van der Waals surface area (Å²) in [6.07, 6.45) is 7.57. The van der Waals surface area contributed by atoms with Gasteiger partial charge in [-0.15, -0.1) is 0 Å². The van der Waals surface area contributed by atoms with Gasteiger partial charge in [-0.25, -0.2) is 0 Å². The Morgan fingerprint density at radius 3 is 2.93 bits per heavy atom. The molecule has 15 heavy (non-hydrogen) atoms. The highest BCUT2D eigenvalue weighted by Gasteiger charge is 1.94. The Labute approximate surface area is 90.8 Å². The Bertz CT molecular complexity index is 463. The second-order valence-electron chi connectivity index (χ2n) is 4.36. The van der Waals surface area contributed by atoms with Crippen LogP contribution in [-0.2, 0) is 0 Å². The minimum atomic E-state index is 0.734. The fourth-order valence-electron chi connectivity index (χ4n) is 1.65. The van der Waals surface area contributed by atoms with Crippen molar-refractivity contribution in [2.24, 2.45) is 5.92 Å². The first-order chi connectivity index (χ1) is 7.25. The molecule has 1 heteroatoms. The molecule has 0 aliphatic rings. The maximum Gasteiger partial charge on any atom is 0.0454 e. The van der Waals surface area contributed by atoms with E-state index in [2.05, 4.69) is 55.2 Å². The van der Waals surface area contributed by atoms with Gasteiger partial charge in [-0.1, -0.05) is 32.1 Å². The van der Waals surface area contributed by atoms with E-state index in [9.17, 15) is 0 Å². The van der Waals surface area contributed by atoms with Gasteiger partial charge in [-0.2, -0.15) is 0 Å². The average molecular weight is 199 g/mol. The maximum atomic E-state index is 3.20. The summed E-state index contributed by atoms with van der Waals surface area (Å²) in [7, 11) is 0. The Morgan fingerprint density at radius 1 is 1.27 bits per heavy atom. The lowest BCUT2D eigenvalue weighted by atomic mass is 10.1. The zero-order valence-corrected chi connectivity index (χ0v) is 9.33. The highest BCUT2D eigenvalue weighted by Crippen LogP contribution is 2.15. The van der Waals surface area contributed by atoms with Crippen LogP contribution in [0.2, 0.25) is 0 Å². The Morgan fingerprint density at radius 2 is 2.13 bits per heavy atom. The number of aromatic amines is 1. The molecule has 78 valence electrons. The van der Waals surface area contributed by atoms with Crippen molar-refractivity contribution in [3.05, 3.63) is 42.1 Å². The Hall–Kier alpha value is -1.50. The van der Waals surface area contributed by atoms with Gasteiger partial charge >= 0.3 is 0 Å². The molecule has 0 saturated carbocycles. The summed E-state index contributed by atoms with van der Waals surface area (Å²) in [5.41, 5.74) is 2.48. The van der Waals surface area contributed by atoms with Gasteiger partial charge in [-0.05, 0) is 41.5 Å². The van der Waals surface area contributed by atoms with Crippen molar-refractivity contribution >= 4 is 17.0 Å². The van der Waals surface area contributed by atoms with E-state index in [0.29, 0.717) is 0 Å². The van der Waals surface area contributed by atoms with Gasteiger partial charge in [-0.3, -0.25) is 0 Å². The van der Waals surface area contributed by atoms with Gasteiger partial charge in [0.25, 0.3) is 0 Å². The third-order valence-corrected chi connectivity index (χ3v) is 2.50. The molecule has 0 radical (unpaired) electrons. The number of benzene rings is 1. The molecular formula is C14H17N. The number of aromatic nitrogens is 1. The number of H-pyrrole nitrogens is 1. The van der Waals surface area contributed by atoms with Crippen LogP contribution >= 0.6 is 0 Å². The lowest BCUT2D eigenvalue weighted by Crippen LogP contribution is -1.81. The highest BCUT2D eigenvalue weighted by atomic mass is 14.7. The summed E-state index contributed by atoms with van der Waals surface area (Å²) in [6, 6.07) is 8.60. The van der Waals surface area contributed by atoms with Gasteiger partial charge in [0.05, 0.1) is 0 Å². The number of allylic oxidation sites excluding steroid dienone is 1. The molecule has 2 aromatic rings. The predicted molar refractivity (Wildman–Crippen MR) is 66.8 cm³/mol. The molecule has 0 aliphatic heterocycles. The van der Waals surface area contributed by atoms with Crippen molar-refractivity contribution in [3.8, 4) is 0 Å². The first-order valence-corrected chi connectivity index (χ1v) is 5.49. The minimum absolute atomic E-state index is 0.734. The second-order valence-corrected chi connectivity index (χ2v) is 4.36. The van der Waals surface area contributed by atoms with Crippen molar-refractivity contribution in [2.45, 2.75) is 20.3 Å². The Kier molecular flexibility index (Phi) is 2.91. The van der Waals surface area contributed by atoms with E-state index in [1.54, 1.807) is 0 Å². The SMILES string of the molecule is CC(C)C/C=C/c1ccc2[nH]ccc2c1. The maximum absolute atomic E-state index is 3.20. The highest BCUT2D eigenvalue weighted by molar-refractivity contribution is 5.81. The van der Waals surface area contributed by atoms with Gasteiger partial charge in [0, 0.05) is 11.7 Å². The number of nitrogens with one attached hydrogen (secondary N) is 1. The first-order valence-electron chi connectivity index (χ1n) is 5.49. The molecule has 0 amide bonds. The summed E-state index contributed by atoms with van der Waals surface area (Å²) >= 11 is 0. The average Bonchev–Trinajstić information content (AvgIpc) is 2.64. The van der Waals surface area contributed by atoms with E-state index in [1.165, 1.54) is 16.5 Å². The Balaban J connectivity index is 2.17. The number of fused-ring (bicyclic) bond motifs is 1. The van der Waals surface area contributed by atoms with Gasteiger partial charge in [0.1, 0.15) is 0 Å². The molecule has 1 N–H and O–H groups in total. The zero-order chi connectivity index (χ0) is 10.7. The van der Waals surface area contributed by atoms with Gasteiger partial charge in [0.2, 0.25) is 0 Å². The van der Waals surface area contributed by atoms with Crippen LogP contribution in [0.3, 0.4) is 0 Å². The molecule has 1 heterocycles. The summed E-state index contributed by atoms with van der Waals surface area (Å²) < 4.78 is 0. The van der Waals surface area contributed by atoms with Crippen LogP contribution in [0.1, 0.15) is 25.8 Å². The van der Waals surface area contributed by atoms with Gasteiger partial charge < -0.3 is 4.98 Å². The molecule has 1 nitrogen and oxygen atoms in total. The van der Waals surface area contributed by atoms with Crippen LogP contribution in [-0.4, -0.2) is 4.98 Å². The van der Waals surface area contributed by atoms with Crippen LogP contribution in [0.25, 0.3) is 17.0 Å². The molecule has 1 aromatic heterocycles. The fourth-order valence-corrected chi connectivity index (χ4v) is 1.65. The van der Waals surface area contributed by atoms with Crippen LogP contribution in [0.5, 0.6) is 0 Å². The van der Waals surface area contributed by atoms with E-state index >= 15 is 0 Å². The number of hydrogen-bond acceptors (Lipinski definition) is 0. The number of hydrogen-bond donors (Lipinski definition) is 1. The smallest absolute Gasteiger partial charge is 0.0454 e. The summed E-state index contributed by atoms with van der Waals surface area (Å²) in [6.45, 7) is 4.47. The van der Waals surface area contributed by atoms with Crippen LogP contribution < -0.4 is 0 Å². The van der Waals surface area contributed by atoms with Gasteiger partial charge in [0.15, 0.2) is 0 Å². The molecule has 0 aliphatic carbocycles. The predicted octanol–water partition coefficient (Wildman–Crippen LogP) is 4.23. The molecule has 0 fully saturated rings. The monoisotopic (exact) mass is 199 g/mol. The third-order valence-electron chi connectivity index (χ3n) is 2.50. The normalized spacial score (nSPS) is 11.9. The van der Waals surface area contributed by atoms with Crippen molar-refractivity contribution in [1.29, 1.82) is 0 Å².